The van der Waals surface area contributed by atoms with Gasteiger partial charge in [0.15, 0.2) is 0 Å². The molecule has 0 saturated carbocycles. The fourth-order valence-electron chi connectivity index (χ4n) is 2.52. The number of amides is 3. The molecule has 0 aliphatic carbocycles. The van der Waals surface area contributed by atoms with Crippen molar-refractivity contribution in [2.24, 2.45) is 0 Å². The first-order valence-corrected chi connectivity index (χ1v) is 6.91. The molecule has 0 spiro atoms. The molecule has 1 aliphatic heterocycles. The van der Waals surface area contributed by atoms with Crippen LogP contribution in [0.15, 0.2) is 30.1 Å². The van der Waals surface area contributed by atoms with Crippen LogP contribution in [0, 0.1) is 20.8 Å². The lowest BCUT2D eigenvalue weighted by Crippen LogP contribution is -2.22. The van der Waals surface area contributed by atoms with Crippen LogP contribution in [0.1, 0.15) is 22.5 Å². The van der Waals surface area contributed by atoms with E-state index in [0.717, 1.165) is 28.3 Å². The molecule has 2 N–H and O–H groups in total. The molecule has 1 aliphatic rings. The van der Waals surface area contributed by atoms with Gasteiger partial charge in [-0.25, -0.2) is 9.78 Å². The molecule has 112 valence electrons. The Morgan fingerprint density at radius 1 is 1.14 bits per heavy atom. The SMILES string of the molecule is Cc1ccc(-n2c(C)cc(/C=C3/NC(=O)NC3=O)c2C)nc1. The van der Waals surface area contributed by atoms with Crippen molar-refractivity contribution >= 4 is 18.0 Å². The number of carbonyl (C=O) groups is 2. The lowest BCUT2D eigenvalue weighted by atomic mass is 10.2. The minimum atomic E-state index is -0.495. The second-order valence-electron chi connectivity index (χ2n) is 5.32. The first-order valence-electron chi connectivity index (χ1n) is 6.91. The van der Waals surface area contributed by atoms with Crippen molar-refractivity contribution < 1.29 is 9.59 Å². The summed E-state index contributed by atoms with van der Waals surface area (Å²) in [4.78, 5) is 27.2. The maximum Gasteiger partial charge on any atom is 0.326 e. The lowest BCUT2D eigenvalue weighted by Gasteiger charge is -2.08. The summed E-state index contributed by atoms with van der Waals surface area (Å²) in [6.07, 6.45) is 3.49. The zero-order valence-electron chi connectivity index (χ0n) is 12.6. The van der Waals surface area contributed by atoms with Gasteiger partial charge in [-0.05, 0) is 50.1 Å². The summed E-state index contributed by atoms with van der Waals surface area (Å²) < 4.78 is 2.01. The molecule has 22 heavy (non-hydrogen) atoms. The second-order valence-corrected chi connectivity index (χ2v) is 5.32. The zero-order valence-corrected chi connectivity index (χ0v) is 12.6. The number of pyridine rings is 1. The summed E-state index contributed by atoms with van der Waals surface area (Å²) in [6, 6.07) is 5.42. The quantitative estimate of drug-likeness (QED) is 0.657. The van der Waals surface area contributed by atoms with Crippen LogP contribution in [0.5, 0.6) is 0 Å². The Bertz CT molecular complexity index is 800. The third-order valence-electron chi connectivity index (χ3n) is 3.61. The summed E-state index contributed by atoms with van der Waals surface area (Å²) >= 11 is 0. The lowest BCUT2D eigenvalue weighted by molar-refractivity contribution is -0.115. The van der Waals surface area contributed by atoms with E-state index in [2.05, 4.69) is 15.6 Å². The Morgan fingerprint density at radius 3 is 2.50 bits per heavy atom. The van der Waals surface area contributed by atoms with Gasteiger partial charge in [0.05, 0.1) is 0 Å². The van der Waals surface area contributed by atoms with Crippen LogP contribution in [0.2, 0.25) is 0 Å². The molecule has 0 atom stereocenters. The highest BCUT2D eigenvalue weighted by molar-refractivity contribution is 6.14. The molecule has 6 heteroatoms. The number of carbonyl (C=O) groups excluding carboxylic acids is 2. The Hall–Kier alpha value is -2.89. The molecule has 1 fully saturated rings. The summed E-state index contributed by atoms with van der Waals surface area (Å²) in [5.41, 5.74) is 4.17. The van der Waals surface area contributed by atoms with E-state index in [1.54, 1.807) is 6.08 Å². The number of hydrogen-bond donors (Lipinski definition) is 2. The van der Waals surface area contributed by atoms with E-state index in [9.17, 15) is 9.59 Å². The third-order valence-corrected chi connectivity index (χ3v) is 3.61. The average Bonchev–Trinajstić information content (AvgIpc) is 2.92. The van der Waals surface area contributed by atoms with E-state index in [1.165, 1.54) is 0 Å². The van der Waals surface area contributed by atoms with Crippen molar-refractivity contribution in [3.8, 4) is 5.82 Å². The van der Waals surface area contributed by atoms with Gasteiger partial charge in [0.2, 0.25) is 0 Å². The van der Waals surface area contributed by atoms with Gasteiger partial charge in [-0.3, -0.25) is 10.1 Å². The van der Waals surface area contributed by atoms with E-state index < -0.39 is 11.9 Å². The minimum absolute atomic E-state index is 0.252. The van der Waals surface area contributed by atoms with Gasteiger partial charge in [0.25, 0.3) is 5.91 Å². The predicted octanol–water partition coefficient (Wildman–Crippen LogP) is 1.98. The molecule has 3 amide bonds. The van der Waals surface area contributed by atoms with Crippen LogP contribution in [0.25, 0.3) is 11.9 Å². The third kappa shape index (κ3) is 2.39. The number of nitrogens with one attached hydrogen (secondary N) is 2. The first kappa shape index (κ1) is 14.1. The molecular formula is C16H16N4O2. The van der Waals surface area contributed by atoms with Gasteiger partial charge >= 0.3 is 6.03 Å². The maximum atomic E-state index is 11.6. The molecule has 2 aromatic rings. The van der Waals surface area contributed by atoms with Gasteiger partial charge in [-0.2, -0.15) is 0 Å². The van der Waals surface area contributed by atoms with Crippen molar-refractivity contribution in [2.45, 2.75) is 20.8 Å². The van der Waals surface area contributed by atoms with Crippen molar-refractivity contribution in [1.82, 2.24) is 20.2 Å². The van der Waals surface area contributed by atoms with E-state index in [-0.39, 0.29) is 5.70 Å². The Morgan fingerprint density at radius 2 is 1.91 bits per heavy atom. The van der Waals surface area contributed by atoms with Crippen LogP contribution in [-0.2, 0) is 4.79 Å². The van der Waals surface area contributed by atoms with Gasteiger partial charge in [-0.15, -0.1) is 0 Å². The fraction of sp³-hybridized carbons (Fsp3) is 0.188. The normalized spacial score (nSPS) is 16.0. The summed E-state index contributed by atoms with van der Waals surface area (Å²) in [5, 5.41) is 4.68. The van der Waals surface area contributed by atoms with E-state index in [1.807, 2.05) is 49.7 Å². The van der Waals surface area contributed by atoms with Crippen LogP contribution in [0.4, 0.5) is 4.79 Å². The first-order chi connectivity index (χ1) is 10.5. The molecule has 3 rings (SSSR count). The van der Waals surface area contributed by atoms with Gasteiger partial charge in [0, 0.05) is 17.6 Å². The second kappa shape index (κ2) is 5.14. The van der Waals surface area contributed by atoms with Gasteiger partial charge in [-0.1, -0.05) is 6.07 Å². The van der Waals surface area contributed by atoms with Crippen LogP contribution < -0.4 is 10.6 Å². The maximum absolute atomic E-state index is 11.6. The Kier molecular flexibility index (Phi) is 3.29. The number of nitrogens with zero attached hydrogens (tertiary/aromatic N) is 2. The molecule has 0 radical (unpaired) electrons. The molecular weight excluding hydrogens is 280 g/mol. The molecule has 0 bridgehead atoms. The standard InChI is InChI=1S/C16H16N4O2/c1-9-4-5-14(17-8-9)20-10(2)6-12(11(20)3)7-13-15(21)19-16(22)18-13/h4-8H,1-3H3,(H2,18,19,21,22)/b13-7+. The van der Waals surface area contributed by atoms with Crippen LogP contribution >= 0.6 is 0 Å². The molecule has 2 aromatic heterocycles. The highest BCUT2D eigenvalue weighted by atomic mass is 16.2. The fourth-order valence-corrected chi connectivity index (χ4v) is 2.52. The predicted molar refractivity (Wildman–Crippen MR) is 82.4 cm³/mol. The van der Waals surface area contributed by atoms with Crippen molar-refractivity contribution in [3.63, 3.8) is 0 Å². The van der Waals surface area contributed by atoms with Gasteiger partial charge < -0.3 is 9.88 Å². The highest BCUT2D eigenvalue weighted by Crippen LogP contribution is 2.22. The number of hydrogen-bond acceptors (Lipinski definition) is 3. The molecule has 0 aromatic carbocycles. The molecule has 6 nitrogen and oxygen atoms in total. The topological polar surface area (TPSA) is 76.0 Å². The number of aromatic nitrogens is 2. The number of urea groups is 1. The highest BCUT2D eigenvalue weighted by Gasteiger charge is 2.23. The average molecular weight is 296 g/mol. The van der Waals surface area contributed by atoms with Gasteiger partial charge in [0.1, 0.15) is 11.5 Å². The van der Waals surface area contributed by atoms with E-state index in [4.69, 9.17) is 0 Å². The van der Waals surface area contributed by atoms with E-state index in [0.29, 0.717) is 0 Å². The largest absolute Gasteiger partial charge is 0.326 e. The summed E-state index contributed by atoms with van der Waals surface area (Å²) in [7, 11) is 0. The molecule has 0 unspecified atom stereocenters. The monoisotopic (exact) mass is 296 g/mol. The van der Waals surface area contributed by atoms with E-state index >= 15 is 0 Å². The van der Waals surface area contributed by atoms with Crippen LogP contribution in [-0.4, -0.2) is 21.5 Å². The number of aryl methyl sites for hydroxylation is 2. The molecule has 3 heterocycles. The van der Waals surface area contributed by atoms with Crippen molar-refractivity contribution in [3.05, 3.63) is 52.6 Å². The summed E-state index contributed by atoms with van der Waals surface area (Å²) in [5.74, 6) is 0.411. The zero-order chi connectivity index (χ0) is 15.9. The Labute approximate surface area is 127 Å². The smallest absolute Gasteiger partial charge is 0.303 e. The summed E-state index contributed by atoms with van der Waals surface area (Å²) in [6.45, 7) is 5.92. The van der Waals surface area contributed by atoms with Crippen molar-refractivity contribution in [1.29, 1.82) is 0 Å². The van der Waals surface area contributed by atoms with Crippen LogP contribution in [0.3, 0.4) is 0 Å². The molecule has 1 saturated heterocycles. The van der Waals surface area contributed by atoms with Crippen molar-refractivity contribution in [2.75, 3.05) is 0 Å². The Balaban J connectivity index is 2.04. The number of imide groups is 1. The minimum Gasteiger partial charge on any atom is -0.303 e. The number of rotatable bonds is 2.